The molecule has 1 aliphatic carbocycles. The van der Waals surface area contributed by atoms with Crippen molar-refractivity contribution in [2.75, 3.05) is 18.5 Å². The third kappa shape index (κ3) is 7.70. The molecule has 2 N–H and O–H groups in total. The summed E-state index contributed by atoms with van der Waals surface area (Å²) >= 11 is 9.93. The number of ether oxygens (including phenoxy) is 1. The Morgan fingerprint density at radius 3 is 2.75 bits per heavy atom. The van der Waals surface area contributed by atoms with Gasteiger partial charge in [0.2, 0.25) is 0 Å². The number of aliphatic hydroxyl groups excluding tert-OH is 1. The number of nitrogens with zero attached hydrogens (tertiary/aromatic N) is 3. The van der Waals surface area contributed by atoms with Crippen LogP contribution in [-0.2, 0) is 22.7 Å². The minimum Gasteiger partial charge on any atom is -0.444 e. The Morgan fingerprint density at radius 2 is 2.05 bits per heavy atom. The SMILES string of the molecule is Cc1sc(C(=O)c2cncnc2N[C@@H]2C[C@H](CO)[C@@H](O[S-](#P)I)C2)cc1[C@H]1c2cc(Cl)ccc2CCN1C(=O)OC(C)(C)C. The summed E-state index contributed by atoms with van der Waals surface area (Å²) in [4.78, 5) is 39.2. The van der Waals surface area contributed by atoms with Crippen LogP contribution >= 0.6 is 52.0 Å². The molecule has 4 atom stereocenters. The number of amides is 1. The first kappa shape index (κ1) is 33.8. The first-order chi connectivity index (χ1) is 20.8. The zero-order valence-electron chi connectivity index (χ0n) is 24.8. The quantitative estimate of drug-likeness (QED) is 0.110. The second kappa shape index (κ2) is 14.1. The number of aromatic nitrogens is 2. The van der Waals surface area contributed by atoms with Gasteiger partial charge in [0.05, 0.1) is 6.04 Å². The number of thiophene rings is 1. The van der Waals surface area contributed by atoms with E-state index >= 15 is 0 Å². The number of anilines is 1. The molecule has 0 radical (unpaired) electrons. The minimum absolute atomic E-state index is 0.00704. The molecule has 0 spiro atoms. The van der Waals surface area contributed by atoms with E-state index in [0.717, 1.165) is 21.6 Å². The molecular weight excluding hydrogens is 754 g/mol. The van der Waals surface area contributed by atoms with Crippen molar-refractivity contribution < 1.29 is 23.6 Å². The Hall–Kier alpha value is -1.54. The van der Waals surface area contributed by atoms with Gasteiger partial charge in [-0.2, -0.15) is 0 Å². The monoisotopic (exact) mass is 787 g/mol. The van der Waals surface area contributed by atoms with E-state index in [9.17, 15) is 14.7 Å². The van der Waals surface area contributed by atoms with Gasteiger partial charge in [-0.05, 0) is 57.4 Å². The number of benzene rings is 1. The first-order valence-electron chi connectivity index (χ1n) is 14.2. The van der Waals surface area contributed by atoms with Gasteiger partial charge in [-0.15, -0.1) is 0 Å². The van der Waals surface area contributed by atoms with Gasteiger partial charge in [-0.3, -0.25) is 4.90 Å². The third-order valence-electron chi connectivity index (χ3n) is 7.80. The Kier molecular flexibility index (Phi) is 10.8. The average molecular weight is 788 g/mol. The van der Waals surface area contributed by atoms with Crippen molar-refractivity contribution in [2.24, 2.45) is 5.92 Å². The van der Waals surface area contributed by atoms with Crippen LogP contribution in [0.25, 0.3) is 0 Å². The molecule has 236 valence electrons. The van der Waals surface area contributed by atoms with Crippen molar-refractivity contribution in [1.82, 2.24) is 14.9 Å². The number of ketones is 1. The van der Waals surface area contributed by atoms with Crippen molar-refractivity contribution in [3.63, 3.8) is 0 Å². The smallest absolute Gasteiger partial charge is 0.444 e. The fourth-order valence-corrected chi connectivity index (χ4v) is 8.63. The Morgan fingerprint density at radius 1 is 1.27 bits per heavy atom. The van der Waals surface area contributed by atoms with Gasteiger partial charge in [-0.1, -0.05) is 17.7 Å². The summed E-state index contributed by atoms with van der Waals surface area (Å²) in [6.07, 6.45) is 4.38. The summed E-state index contributed by atoms with van der Waals surface area (Å²) in [5, 5.41) is 13.9. The number of carbonyl (C=O) groups is 2. The normalized spacial score (nSPS) is 21.8. The molecule has 1 saturated carbocycles. The van der Waals surface area contributed by atoms with Crippen LogP contribution in [0.3, 0.4) is 0 Å². The van der Waals surface area contributed by atoms with Crippen molar-refractivity contribution in [3.05, 3.63) is 73.8 Å². The maximum absolute atomic E-state index is 14.0. The molecule has 0 bridgehead atoms. The van der Waals surface area contributed by atoms with E-state index in [-0.39, 0.29) is 30.5 Å². The third-order valence-corrected chi connectivity index (χ3v) is 10.4. The Bertz CT molecular complexity index is 1640. The molecule has 1 aromatic carbocycles. The van der Waals surface area contributed by atoms with Gasteiger partial charge in [0.25, 0.3) is 0 Å². The Labute approximate surface area is 282 Å². The molecule has 44 heavy (non-hydrogen) atoms. The standard InChI is InChI=1S/C30H34ClIN4O5PS2/c1-16-21(26-22-10-19(31)6-5-17(22)7-8-36(26)29(39)40-30(2,3)4)12-25(43-16)27(38)23-13-33-15-34-28(23)35-20-9-18(14-37)24(11-20)41-44(32)42/h5-6,10,12-13,15,18,20,24,26,37H,7-9,11,14H2,1-4H3,(H,33,34,35)/q-1/t18-,20-,24+,26+/m1/s1. The second-order valence-electron chi connectivity index (χ2n) is 12.0. The van der Waals surface area contributed by atoms with E-state index in [1.807, 2.05) is 52.0 Å². The number of hydrogen-bond acceptors (Lipinski definition) is 10. The molecule has 2 aliphatic rings. The van der Waals surface area contributed by atoms with Gasteiger partial charge in [0.15, 0.2) is 0 Å². The molecule has 3 heterocycles. The molecule has 0 unspecified atom stereocenters. The topological polar surface area (TPSA) is 114 Å². The molecule has 2 aromatic heterocycles. The van der Waals surface area contributed by atoms with Crippen LogP contribution in [0, 0.1) is 12.8 Å². The molecule has 3 aromatic rings. The summed E-state index contributed by atoms with van der Waals surface area (Å²) in [6.45, 7) is 7.97. The molecule has 1 amide bonds. The second-order valence-corrected chi connectivity index (χ2v) is 19.8. The number of carbonyl (C=O) groups excluding carboxylic acids is 2. The number of halogens is 2. The number of rotatable bonds is 7. The van der Waals surface area contributed by atoms with Crippen LogP contribution in [0.5, 0.6) is 0 Å². The van der Waals surface area contributed by atoms with Crippen molar-refractivity contribution in [2.45, 2.75) is 70.7 Å². The average Bonchev–Trinajstić information content (AvgIpc) is 3.53. The van der Waals surface area contributed by atoms with E-state index in [2.05, 4.69) is 44.3 Å². The number of fused-ring (bicyclic) bond motifs is 1. The maximum atomic E-state index is 14.0. The van der Waals surface area contributed by atoms with E-state index < -0.39 is 25.1 Å². The number of aryl methyl sites for hydroxylation is 1. The predicted octanol–water partition coefficient (Wildman–Crippen LogP) is 7.39. The molecule has 1 fully saturated rings. The predicted molar refractivity (Wildman–Crippen MR) is 185 cm³/mol. The van der Waals surface area contributed by atoms with Gasteiger partial charge in [0, 0.05) is 11.6 Å². The summed E-state index contributed by atoms with van der Waals surface area (Å²) in [5.74, 6) is 0.184. The van der Waals surface area contributed by atoms with Crippen LogP contribution in [0.4, 0.5) is 10.6 Å². The zero-order valence-corrected chi connectivity index (χ0v) is 30.2. The van der Waals surface area contributed by atoms with Crippen molar-refractivity contribution in [3.8, 4) is 0 Å². The van der Waals surface area contributed by atoms with Crippen LogP contribution < -0.4 is 5.32 Å². The van der Waals surface area contributed by atoms with Gasteiger partial charge in [0.1, 0.15) is 5.60 Å². The first-order valence-corrected chi connectivity index (χ1v) is 20.2. The van der Waals surface area contributed by atoms with Crippen LogP contribution in [-0.4, -0.2) is 62.7 Å². The van der Waals surface area contributed by atoms with Crippen LogP contribution in [0.2, 0.25) is 5.02 Å². The van der Waals surface area contributed by atoms with Gasteiger partial charge < -0.3 is 4.74 Å². The molecule has 14 heteroatoms. The van der Waals surface area contributed by atoms with Crippen LogP contribution in [0.15, 0.2) is 36.8 Å². The number of nitrogens with one attached hydrogen (secondary N) is 1. The minimum atomic E-state index is -0.661. The number of hydrogen-bond donors (Lipinski definition) is 2. The molecule has 0 saturated heterocycles. The summed E-state index contributed by atoms with van der Waals surface area (Å²) < 4.78 is 11.7. The van der Waals surface area contributed by atoms with Gasteiger partial charge in [-0.25, -0.2) is 4.79 Å². The van der Waals surface area contributed by atoms with E-state index in [1.54, 1.807) is 4.90 Å². The fourth-order valence-electron chi connectivity index (χ4n) is 5.87. The molecular formula is C30H34ClIN4O5PS2-. The number of aliphatic hydroxyl groups is 1. The van der Waals surface area contributed by atoms with E-state index in [4.69, 9.17) is 20.5 Å². The summed E-state index contributed by atoms with van der Waals surface area (Å²) in [5.41, 5.74) is 2.57. The Balaban J connectivity index is 1.46. The fraction of sp³-hybridized carbons (Fsp3) is 0.467. The van der Waals surface area contributed by atoms with E-state index in [1.165, 1.54) is 23.9 Å². The summed E-state index contributed by atoms with van der Waals surface area (Å²) in [7, 11) is 3.81. The summed E-state index contributed by atoms with van der Waals surface area (Å²) in [6, 6.07) is 7.12. The van der Waals surface area contributed by atoms with E-state index in [0.29, 0.717) is 47.1 Å². The molecule has 5 rings (SSSR count). The van der Waals surface area contributed by atoms with Crippen molar-refractivity contribution in [1.29, 1.82) is 0 Å². The molecule has 1 aliphatic heterocycles. The van der Waals surface area contributed by atoms with Crippen molar-refractivity contribution >= 4 is 77.0 Å². The van der Waals surface area contributed by atoms with Crippen LogP contribution in [0.1, 0.15) is 76.5 Å². The van der Waals surface area contributed by atoms with Gasteiger partial charge >= 0.3 is 172 Å². The molecule has 9 nitrogen and oxygen atoms in total. The zero-order chi connectivity index (χ0) is 31.8.